The summed E-state index contributed by atoms with van der Waals surface area (Å²) in [5, 5.41) is 0. The van der Waals surface area contributed by atoms with Crippen molar-refractivity contribution in [1.82, 2.24) is 0 Å². The molecule has 60 valence electrons. The molecule has 0 aliphatic heterocycles. The molecule has 1 amide bonds. The van der Waals surface area contributed by atoms with Gasteiger partial charge < -0.3 is 16.3 Å². The van der Waals surface area contributed by atoms with E-state index in [0.29, 0.717) is 6.29 Å². The Kier molecular flexibility index (Phi) is 1.38. The first-order chi connectivity index (χ1) is 5.02. The number of hydrogen-bond donors (Lipinski definition) is 2. The zero-order valence-electron chi connectivity index (χ0n) is 6.04. The molecule has 1 saturated carbocycles. The van der Waals surface area contributed by atoms with Crippen LogP contribution in [0.3, 0.4) is 0 Å². The summed E-state index contributed by atoms with van der Waals surface area (Å²) in [7, 11) is 0. The zero-order chi connectivity index (χ0) is 8.70. The van der Waals surface area contributed by atoms with Gasteiger partial charge in [-0.1, -0.05) is 6.08 Å². The molecule has 1 aliphatic carbocycles. The average Bonchev–Trinajstić information content (AvgIpc) is 2.59. The standard InChI is InChI=1S/C7H10N2O2/c1-2-6(5(8)11)3-7(6,9)4-10/h2,4H,1,3,9H2,(H2,8,11). The van der Waals surface area contributed by atoms with Crippen molar-refractivity contribution >= 4 is 12.2 Å². The quantitative estimate of drug-likeness (QED) is 0.401. The van der Waals surface area contributed by atoms with Gasteiger partial charge in [0.1, 0.15) is 6.29 Å². The molecule has 0 bridgehead atoms. The third-order valence-corrected chi connectivity index (χ3v) is 2.28. The molecule has 0 heterocycles. The number of aldehydes is 1. The van der Waals surface area contributed by atoms with Crippen LogP contribution in [0.2, 0.25) is 0 Å². The van der Waals surface area contributed by atoms with Gasteiger partial charge in [0.2, 0.25) is 5.91 Å². The van der Waals surface area contributed by atoms with E-state index < -0.39 is 16.9 Å². The fourth-order valence-corrected chi connectivity index (χ4v) is 1.24. The van der Waals surface area contributed by atoms with Crippen molar-refractivity contribution in [2.45, 2.75) is 12.0 Å². The monoisotopic (exact) mass is 154 g/mol. The summed E-state index contributed by atoms with van der Waals surface area (Å²) in [4.78, 5) is 21.2. The van der Waals surface area contributed by atoms with E-state index in [4.69, 9.17) is 11.5 Å². The fourth-order valence-electron chi connectivity index (χ4n) is 1.24. The van der Waals surface area contributed by atoms with Crippen LogP contribution in [0, 0.1) is 5.41 Å². The lowest BCUT2D eigenvalue weighted by molar-refractivity contribution is -0.123. The highest BCUT2D eigenvalue weighted by molar-refractivity contribution is 5.96. The van der Waals surface area contributed by atoms with E-state index in [1.165, 1.54) is 6.08 Å². The highest BCUT2D eigenvalue weighted by atomic mass is 16.2. The molecule has 4 heteroatoms. The number of rotatable bonds is 3. The minimum Gasteiger partial charge on any atom is -0.369 e. The van der Waals surface area contributed by atoms with Crippen molar-refractivity contribution in [1.29, 1.82) is 0 Å². The van der Waals surface area contributed by atoms with Crippen LogP contribution in [0.15, 0.2) is 12.7 Å². The molecule has 1 fully saturated rings. The van der Waals surface area contributed by atoms with Gasteiger partial charge in [0.05, 0.1) is 11.0 Å². The van der Waals surface area contributed by atoms with Gasteiger partial charge in [0, 0.05) is 0 Å². The minimum atomic E-state index is -1.10. The first-order valence-electron chi connectivity index (χ1n) is 3.21. The van der Waals surface area contributed by atoms with Crippen LogP contribution in [0.1, 0.15) is 6.42 Å². The van der Waals surface area contributed by atoms with E-state index >= 15 is 0 Å². The maximum atomic E-state index is 10.8. The van der Waals surface area contributed by atoms with Crippen LogP contribution in [-0.4, -0.2) is 17.7 Å². The zero-order valence-corrected chi connectivity index (χ0v) is 6.04. The molecular weight excluding hydrogens is 144 g/mol. The topological polar surface area (TPSA) is 86.2 Å². The Morgan fingerprint density at radius 1 is 1.64 bits per heavy atom. The third-order valence-electron chi connectivity index (χ3n) is 2.28. The molecule has 4 N–H and O–H groups in total. The molecule has 11 heavy (non-hydrogen) atoms. The van der Waals surface area contributed by atoms with E-state index in [1.54, 1.807) is 0 Å². The Morgan fingerprint density at radius 3 is 2.27 bits per heavy atom. The summed E-state index contributed by atoms with van der Waals surface area (Å²) >= 11 is 0. The van der Waals surface area contributed by atoms with Gasteiger partial charge >= 0.3 is 0 Å². The summed E-state index contributed by atoms with van der Waals surface area (Å²) in [6, 6.07) is 0. The average molecular weight is 154 g/mol. The Morgan fingerprint density at radius 2 is 2.18 bits per heavy atom. The molecule has 0 aromatic carbocycles. The molecule has 0 saturated heterocycles. The number of amides is 1. The summed E-state index contributed by atoms with van der Waals surface area (Å²) in [6.45, 7) is 3.42. The molecule has 0 spiro atoms. The molecular formula is C7H10N2O2. The highest BCUT2D eigenvalue weighted by Crippen LogP contribution is 2.53. The van der Waals surface area contributed by atoms with E-state index in [0.717, 1.165) is 0 Å². The van der Waals surface area contributed by atoms with Gasteiger partial charge in [0.25, 0.3) is 0 Å². The predicted octanol–water partition coefficient (Wildman–Crippen LogP) is -1.06. The Balaban J connectivity index is 2.95. The number of nitrogens with two attached hydrogens (primary N) is 2. The first kappa shape index (κ1) is 7.94. The predicted molar refractivity (Wildman–Crippen MR) is 39.4 cm³/mol. The Labute approximate surface area is 64.2 Å². The van der Waals surface area contributed by atoms with E-state index in [9.17, 15) is 9.59 Å². The van der Waals surface area contributed by atoms with Crippen molar-refractivity contribution in [3.8, 4) is 0 Å². The van der Waals surface area contributed by atoms with Crippen LogP contribution in [0.25, 0.3) is 0 Å². The van der Waals surface area contributed by atoms with E-state index in [1.807, 2.05) is 0 Å². The normalized spacial score (nSPS) is 41.2. The van der Waals surface area contributed by atoms with Gasteiger partial charge in [0.15, 0.2) is 0 Å². The maximum Gasteiger partial charge on any atom is 0.229 e. The maximum absolute atomic E-state index is 10.8. The Bertz CT molecular complexity index is 239. The van der Waals surface area contributed by atoms with E-state index in [2.05, 4.69) is 6.58 Å². The lowest BCUT2D eigenvalue weighted by Gasteiger charge is -2.08. The van der Waals surface area contributed by atoms with Crippen LogP contribution in [0.5, 0.6) is 0 Å². The molecule has 0 radical (unpaired) electrons. The van der Waals surface area contributed by atoms with Gasteiger partial charge in [-0.15, -0.1) is 6.58 Å². The van der Waals surface area contributed by atoms with Gasteiger partial charge in [-0.3, -0.25) is 4.79 Å². The number of primary amides is 1. The van der Waals surface area contributed by atoms with Gasteiger partial charge in [-0.2, -0.15) is 0 Å². The van der Waals surface area contributed by atoms with Crippen LogP contribution in [-0.2, 0) is 9.59 Å². The minimum absolute atomic E-state index is 0.280. The molecule has 0 aromatic rings. The third kappa shape index (κ3) is 0.728. The number of hydrogen-bond acceptors (Lipinski definition) is 3. The summed E-state index contributed by atoms with van der Waals surface area (Å²) < 4.78 is 0. The van der Waals surface area contributed by atoms with Gasteiger partial charge in [-0.05, 0) is 6.42 Å². The molecule has 2 unspecified atom stereocenters. The lowest BCUT2D eigenvalue weighted by atomic mass is 10.0. The molecule has 4 nitrogen and oxygen atoms in total. The smallest absolute Gasteiger partial charge is 0.229 e. The lowest BCUT2D eigenvalue weighted by Crippen LogP contribution is -2.39. The second kappa shape index (κ2) is 1.92. The van der Waals surface area contributed by atoms with Crippen LogP contribution < -0.4 is 11.5 Å². The SMILES string of the molecule is C=CC1(C(N)=O)CC1(N)C=O. The molecule has 1 rings (SSSR count). The van der Waals surface area contributed by atoms with Crippen molar-refractivity contribution in [3.05, 3.63) is 12.7 Å². The summed E-state index contributed by atoms with van der Waals surface area (Å²) in [5.74, 6) is -0.581. The highest BCUT2D eigenvalue weighted by Gasteiger charge is 2.68. The van der Waals surface area contributed by atoms with Crippen molar-refractivity contribution in [2.75, 3.05) is 0 Å². The first-order valence-corrected chi connectivity index (χ1v) is 3.21. The second-order valence-corrected chi connectivity index (χ2v) is 2.87. The van der Waals surface area contributed by atoms with Crippen LogP contribution in [0.4, 0.5) is 0 Å². The van der Waals surface area contributed by atoms with Crippen molar-refractivity contribution in [3.63, 3.8) is 0 Å². The second-order valence-electron chi connectivity index (χ2n) is 2.87. The van der Waals surface area contributed by atoms with Gasteiger partial charge in [-0.25, -0.2) is 0 Å². The largest absolute Gasteiger partial charge is 0.369 e. The van der Waals surface area contributed by atoms with Crippen LogP contribution >= 0.6 is 0 Å². The number of carbonyl (C=O) groups excluding carboxylic acids is 2. The van der Waals surface area contributed by atoms with Crippen molar-refractivity contribution < 1.29 is 9.59 Å². The summed E-state index contributed by atoms with van der Waals surface area (Å²) in [6.07, 6.45) is 2.19. The molecule has 0 aromatic heterocycles. The summed E-state index contributed by atoms with van der Waals surface area (Å²) in [5.41, 5.74) is 8.45. The fraction of sp³-hybridized carbons (Fsp3) is 0.429. The number of carbonyl (C=O) groups is 2. The molecule has 2 atom stereocenters. The Hall–Kier alpha value is -1.16. The molecule has 1 aliphatic rings. The van der Waals surface area contributed by atoms with E-state index in [-0.39, 0.29) is 6.42 Å². The van der Waals surface area contributed by atoms with Crippen molar-refractivity contribution in [2.24, 2.45) is 16.9 Å².